The Labute approximate surface area is 133 Å². The Morgan fingerprint density at radius 3 is 2.74 bits per heavy atom. The minimum absolute atomic E-state index is 0.189. The number of hydrogen-bond donors (Lipinski definition) is 1. The Hall–Kier alpha value is -3.22. The van der Waals surface area contributed by atoms with Gasteiger partial charge < -0.3 is 10.1 Å². The lowest BCUT2D eigenvalue weighted by Crippen LogP contribution is -2.23. The van der Waals surface area contributed by atoms with Gasteiger partial charge >= 0.3 is 0 Å². The highest BCUT2D eigenvalue weighted by atomic mass is 16.5. The van der Waals surface area contributed by atoms with Gasteiger partial charge in [-0.2, -0.15) is 0 Å². The number of aromatic nitrogens is 4. The number of methoxy groups -OCH3 is 1. The lowest BCUT2D eigenvalue weighted by atomic mass is 10.2. The molecule has 0 aromatic carbocycles. The van der Waals surface area contributed by atoms with Crippen molar-refractivity contribution >= 4 is 5.91 Å². The van der Waals surface area contributed by atoms with Gasteiger partial charge in [-0.3, -0.25) is 9.36 Å². The number of nitrogens with one attached hydrogen (secondary N) is 1. The van der Waals surface area contributed by atoms with Crippen molar-refractivity contribution in [1.29, 1.82) is 0 Å². The number of hydrogen-bond acceptors (Lipinski definition) is 5. The fourth-order valence-corrected chi connectivity index (χ4v) is 1.99. The molecule has 0 aliphatic rings. The second kappa shape index (κ2) is 6.69. The molecule has 1 N–H and O–H groups in total. The Kier molecular flexibility index (Phi) is 4.28. The summed E-state index contributed by atoms with van der Waals surface area (Å²) in [6.45, 7) is 0.388. The van der Waals surface area contributed by atoms with Gasteiger partial charge in [-0.25, -0.2) is 15.0 Å². The molecule has 116 valence electrons. The lowest BCUT2D eigenvalue weighted by Gasteiger charge is -2.06. The fourth-order valence-electron chi connectivity index (χ4n) is 1.99. The van der Waals surface area contributed by atoms with E-state index < -0.39 is 0 Å². The van der Waals surface area contributed by atoms with Gasteiger partial charge in [0.2, 0.25) is 5.88 Å². The van der Waals surface area contributed by atoms with Crippen molar-refractivity contribution in [2.45, 2.75) is 6.54 Å². The first-order chi connectivity index (χ1) is 11.3. The standard InChI is InChI=1S/C16H15N5O2/c1-23-15-5-2-12(8-19-15)9-20-16(22)13-3-4-14(18-10-13)21-7-6-17-11-21/h2-8,10-11H,9H2,1H3,(H,20,22). The Balaban J connectivity index is 1.61. The van der Waals surface area contributed by atoms with Crippen molar-refractivity contribution in [1.82, 2.24) is 24.8 Å². The van der Waals surface area contributed by atoms with Gasteiger partial charge in [-0.1, -0.05) is 6.07 Å². The van der Waals surface area contributed by atoms with Gasteiger partial charge in [0.25, 0.3) is 5.91 Å². The highest BCUT2D eigenvalue weighted by Crippen LogP contribution is 2.08. The highest BCUT2D eigenvalue weighted by molar-refractivity contribution is 5.93. The van der Waals surface area contributed by atoms with E-state index in [1.165, 1.54) is 6.20 Å². The summed E-state index contributed by atoms with van der Waals surface area (Å²) in [4.78, 5) is 24.4. The molecule has 0 unspecified atom stereocenters. The van der Waals surface area contributed by atoms with Crippen LogP contribution in [-0.2, 0) is 6.54 Å². The van der Waals surface area contributed by atoms with Crippen molar-refractivity contribution in [3.63, 3.8) is 0 Å². The predicted octanol–water partition coefficient (Wildman–Crippen LogP) is 1.60. The third-order valence-electron chi connectivity index (χ3n) is 3.24. The number of rotatable bonds is 5. The van der Waals surface area contributed by atoms with Crippen LogP contribution < -0.4 is 10.1 Å². The molecule has 23 heavy (non-hydrogen) atoms. The minimum Gasteiger partial charge on any atom is -0.481 e. The zero-order valence-electron chi connectivity index (χ0n) is 12.5. The lowest BCUT2D eigenvalue weighted by molar-refractivity contribution is 0.0950. The SMILES string of the molecule is COc1ccc(CNC(=O)c2ccc(-n3ccnc3)nc2)cn1. The van der Waals surface area contributed by atoms with Crippen LogP contribution in [0.1, 0.15) is 15.9 Å². The molecule has 0 bridgehead atoms. The highest BCUT2D eigenvalue weighted by Gasteiger charge is 2.07. The Morgan fingerprint density at radius 1 is 1.22 bits per heavy atom. The number of nitrogens with zero attached hydrogens (tertiary/aromatic N) is 4. The zero-order valence-corrected chi connectivity index (χ0v) is 12.5. The van der Waals surface area contributed by atoms with Gasteiger partial charge in [-0.05, 0) is 17.7 Å². The fraction of sp³-hybridized carbons (Fsp3) is 0.125. The quantitative estimate of drug-likeness (QED) is 0.774. The van der Waals surface area contributed by atoms with Crippen molar-refractivity contribution in [2.75, 3.05) is 7.11 Å². The summed E-state index contributed by atoms with van der Waals surface area (Å²) in [7, 11) is 1.56. The number of carbonyl (C=O) groups excluding carboxylic acids is 1. The molecule has 7 heteroatoms. The van der Waals surface area contributed by atoms with Crippen LogP contribution in [0, 0.1) is 0 Å². The molecule has 0 fully saturated rings. The van der Waals surface area contributed by atoms with Crippen LogP contribution in [-0.4, -0.2) is 32.5 Å². The average Bonchev–Trinajstić information content (AvgIpc) is 3.15. The zero-order chi connectivity index (χ0) is 16.1. The summed E-state index contributed by atoms with van der Waals surface area (Å²) >= 11 is 0. The monoisotopic (exact) mass is 309 g/mol. The molecular weight excluding hydrogens is 294 g/mol. The molecule has 7 nitrogen and oxygen atoms in total. The van der Waals surface area contributed by atoms with E-state index in [1.54, 1.807) is 54.8 Å². The van der Waals surface area contributed by atoms with E-state index in [2.05, 4.69) is 20.3 Å². The predicted molar refractivity (Wildman–Crippen MR) is 83.3 cm³/mol. The van der Waals surface area contributed by atoms with E-state index in [9.17, 15) is 4.79 Å². The summed E-state index contributed by atoms with van der Waals surface area (Å²) in [5.41, 5.74) is 1.39. The first kappa shape index (κ1) is 14.7. The van der Waals surface area contributed by atoms with Crippen LogP contribution in [0.15, 0.2) is 55.4 Å². The van der Waals surface area contributed by atoms with E-state index in [0.717, 1.165) is 5.56 Å². The number of carbonyl (C=O) groups is 1. The van der Waals surface area contributed by atoms with Crippen LogP contribution in [0.3, 0.4) is 0 Å². The van der Waals surface area contributed by atoms with Crippen molar-refractivity contribution in [2.24, 2.45) is 0 Å². The smallest absolute Gasteiger partial charge is 0.253 e. The molecule has 0 saturated carbocycles. The van der Waals surface area contributed by atoms with Crippen LogP contribution in [0.5, 0.6) is 5.88 Å². The minimum atomic E-state index is -0.189. The normalized spacial score (nSPS) is 10.3. The third kappa shape index (κ3) is 3.52. The summed E-state index contributed by atoms with van der Waals surface area (Å²) < 4.78 is 6.76. The second-order valence-corrected chi connectivity index (χ2v) is 4.77. The van der Waals surface area contributed by atoms with Crippen LogP contribution in [0.4, 0.5) is 0 Å². The molecule has 0 aliphatic carbocycles. The Bertz CT molecular complexity index is 767. The van der Waals surface area contributed by atoms with Crippen LogP contribution in [0.2, 0.25) is 0 Å². The maximum absolute atomic E-state index is 12.1. The maximum atomic E-state index is 12.1. The van der Waals surface area contributed by atoms with Gasteiger partial charge in [-0.15, -0.1) is 0 Å². The topological polar surface area (TPSA) is 81.9 Å². The van der Waals surface area contributed by atoms with Crippen LogP contribution >= 0.6 is 0 Å². The van der Waals surface area contributed by atoms with Gasteiger partial charge in [0.15, 0.2) is 0 Å². The summed E-state index contributed by atoms with van der Waals surface area (Å²) in [6.07, 6.45) is 8.32. The molecule has 0 atom stereocenters. The molecule has 0 saturated heterocycles. The van der Waals surface area contributed by atoms with Gasteiger partial charge in [0.05, 0.1) is 12.7 Å². The molecule has 3 rings (SSSR count). The number of ether oxygens (including phenoxy) is 1. The van der Waals surface area contributed by atoms with E-state index >= 15 is 0 Å². The van der Waals surface area contributed by atoms with Gasteiger partial charge in [0.1, 0.15) is 12.1 Å². The maximum Gasteiger partial charge on any atom is 0.253 e. The largest absolute Gasteiger partial charge is 0.481 e. The van der Waals surface area contributed by atoms with Crippen molar-refractivity contribution in [3.05, 3.63) is 66.5 Å². The molecule has 3 heterocycles. The third-order valence-corrected chi connectivity index (χ3v) is 3.24. The second-order valence-electron chi connectivity index (χ2n) is 4.77. The summed E-state index contributed by atoms with van der Waals surface area (Å²) in [5.74, 6) is 1.06. The van der Waals surface area contributed by atoms with E-state index in [0.29, 0.717) is 23.8 Å². The van der Waals surface area contributed by atoms with E-state index in [1.807, 2.05) is 6.07 Å². The molecule has 0 aliphatic heterocycles. The summed E-state index contributed by atoms with van der Waals surface area (Å²) in [5, 5.41) is 2.83. The van der Waals surface area contributed by atoms with Crippen molar-refractivity contribution < 1.29 is 9.53 Å². The summed E-state index contributed by atoms with van der Waals surface area (Å²) in [6, 6.07) is 7.10. The molecular formula is C16H15N5O2. The number of amides is 1. The first-order valence-electron chi connectivity index (χ1n) is 6.98. The molecule has 3 aromatic rings. The van der Waals surface area contributed by atoms with Crippen molar-refractivity contribution in [3.8, 4) is 11.7 Å². The van der Waals surface area contributed by atoms with Crippen LogP contribution in [0.25, 0.3) is 5.82 Å². The van der Waals surface area contributed by atoms with Gasteiger partial charge in [0, 0.05) is 37.4 Å². The van der Waals surface area contributed by atoms with E-state index in [-0.39, 0.29) is 5.91 Å². The number of imidazole rings is 1. The molecule has 1 amide bonds. The Morgan fingerprint density at radius 2 is 2.13 bits per heavy atom. The number of pyridine rings is 2. The first-order valence-corrected chi connectivity index (χ1v) is 6.98. The van der Waals surface area contributed by atoms with E-state index in [4.69, 9.17) is 4.74 Å². The molecule has 0 spiro atoms. The molecule has 3 aromatic heterocycles. The average molecular weight is 309 g/mol. The molecule has 0 radical (unpaired) electrons.